The molecule has 35 heavy (non-hydrogen) atoms. The highest BCUT2D eigenvalue weighted by Gasteiger charge is 2.20. The van der Waals surface area contributed by atoms with Crippen LogP contribution in [-0.2, 0) is 9.59 Å². The fourth-order valence-electron chi connectivity index (χ4n) is 3.87. The predicted octanol–water partition coefficient (Wildman–Crippen LogP) is 4.53. The zero-order valence-electron chi connectivity index (χ0n) is 19.6. The van der Waals surface area contributed by atoms with Gasteiger partial charge in [-0.15, -0.1) is 0 Å². The van der Waals surface area contributed by atoms with Crippen LogP contribution >= 0.6 is 12.2 Å². The highest BCUT2D eigenvalue weighted by molar-refractivity contribution is 7.80. The largest absolute Gasteiger partial charge is 0.457 e. The number of nitrogens with zero attached hydrogens (tertiary/aromatic N) is 2. The van der Waals surface area contributed by atoms with Crippen LogP contribution in [0.2, 0.25) is 0 Å². The summed E-state index contributed by atoms with van der Waals surface area (Å²) in [5.74, 6) is 1.17. The number of furan rings is 1. The van der Waals surface area contributed by atoms with Gasteiger partial charge in [0.2, 0.25) is 11.8 Å². The first kappa shape index (κ1) is 24.2. The number of rotatable bonds is 6. The maximum absolute atomic E-state index is 12.2. The highest BCUT2D eigenvalue weighted by Crippen LogP contribution is 2.22. The van der Waals surface area contributed by atoms with Gasteiger partial charge in [0.1, 0.15) is 11.5 Å². The summed E-state index contributed by atoms with van der Waals surface area (Å²) in [6.07, 6.45) is 3.53. The van der Waals surface area contributed by atoms with Gasteiger partial charge in [-0.25, -0.2) is 0 Å². The Morgan fingerprint density at radius 3 is 2.37 bits per heavy atom. The molecule has 1 fully saturated rings. The Bertz CT molecular complexity index is 1200. The molecular formula is C27H28N4O3S. The molecule has 1 saturated heterocycles. The first-order chi connectivity index (χ1) is 17.0. The van der Waals surface area contributed by atoms with Crippen molar-refractivity contribution in [1.29, 1.82) is 0 Å². The van der Waals surface area contributed by atoms with Crippen LogP contribution in [0.4, 0.5) is 11.4 Å². The van der Waals surface area contributed by atoms with Crippen LogP contribution in [0.3, 0.4) is 0 Å². The Hall–Kier alpha value is -3.91. The number of anilines is 2. The Morgan fingerprint density at radius 2 is 1.69 bits per heavy atom. The molecule has 3 aromatic rings. The first-order valence-electron chi connectivity index (χ1n) is 11.6. The van der Waals surface area contributed by atoms with Crippen LogP contribution in [0.15, 0.2) is 77.2 Å². The van der Waals surface area contributed by atoms with Gasteiger partial charge in [-0.2, -0.15) is 0 Å². The van der Waals surface area contributed by atoms with Crippen molar-refractivity contribution < 1.29 is 14.0 Å². The van der Waals surface area contributed by atoms with E-state index in [-0.39, 0.29) is 16.9 Å². The van der Waals surface area contributed by atoms with Crippen molar-refractivity contribution in [2.45, 2.75) is 13.3 Å². The number of nitrogens with one attached hydrogen (secondary N) is 2. The van der Waals surface area contributed by atoms with Crippen LogP contribution in [0.25, 0.3) is 17.4 Å². The quantitative estimate of drug-likeness (QED) is 0.392. The molecule has 0 aliphatic carbocycles. The summed E-state index contributed by atoms with van der Waals surface area (Å²) >= 11 is 5.27. The number of hydrogen-bond acceptors (Lipinski definition) is 5. The summed E-state index contributed by atoms with van der Waals surface area (Å²) in [6, 6.07) is 21.3. The second kappa shape index (κ2) is 11.5. The first-order valence-corrected chi connectivity index (χ1v) is 12.0. The van der Waals surface area contributed by atoms with Crippen LogP contribution in [0.1, 0.15) is 19.1 Å². The molecule has 2 aromatic carbocycles. The lowest BCUT2D eigenvalue weighted by atomic mass is 10.2. The Morgan fingerprint density at radius 1 is 0.971 bits per heavy atom. The maximum Gasteiger partial charge on any atom is 0.250 e. The van der Waals surface area contributed by atoms with E-state index in [1.807, 2.05) is 78.6 Å². The van der Waals surface area contributed by atoms with E-state index in [2.05, 4.69) is 15.5 Å². The van der Waals surface area contributed by atoms with Crippen LogP contribution in [-0.4, -0.2) is 48.0 Å². The van der Waals surface area contributed by atoms with E-state index in [0.29, 0.717) is 12.2 Å². The van der Waals surface area contributed by atoms with E-state index in [4.69, 9.17) is 16.6 Å². The van der Waals surface area contributed by atoms with Gasteiger partial charge in [-0.05, 0) is 54.7 Å². The summed E-state index contributed by atoms with van der Waals surface area (Å²) in [5, 5.41) is 5.88. The number of hydrogen-bond donors (Lipinski definition) is 2. The minimum Gasteiger partial charge on any atom is -0.457 e. The topological polar surface area (TPSA) is 77.8 Å². The van der Waals surface area contributed by atoms with Crippen LogP contribution in [0, 0.1) is 0 Å². The molecule has 0 spiro atoms. The summed E-state index contributed by atoms with van der Waals surface area (Å²) in [4.78, 5) is 28.3. The number of amides is 2. The Labute approximate surface area is 210 Å². The van der Waals surface area contributed by atoms with E-state index in [9.17, 15) is 9.59 Å². The standard InChI is InChI=1S/C27H28N4O3S/c1-2-26(33)31-18-16-30(17-19-31)22-10-8-21(9-11-22)28-27(35)29-25(32)15-13-23-12-14-24(34-23)20-6-4-3-5-7-20/h3-15H,2,16-19H2,1H3,(H2,28,29,32,35)/b15-13+. The van der Waals surface area contributed by atoms with E-state index in [1.165, 1.54) is 6.08 Å². The third kappa shape index (κ3) is 6.58. The van der Waals surface area contributed by atoms with Gasteiger partial charge >= 0.3 is 0 Å². The number of thiocarbonyl (C=S) groups is 1. The van der Waals surface area contributed by atoms with Crippen molar-refractivity contribution in [3.63, 3.8) is 0 Å². The fraction of sp³-hybridized carbons (Fsp3) is 0.222. The third-order valence-electron chi connectivity index (χ3n) is 5.75. The molecule has 1 aliphatic rings. The monoisotopic (exact) mass is 488 g/mol. The number of carbonyl (C=O) groups is 2. The van der Waals surface area contributed by atoms with Gasteiger partial charge in [0.15, 0.2) is 5.11 Å². The molecular weight excluding hydrogens is 460 g/mol. The lowest BCUT2D eigenvalue weighted by molar-refractivity contribution is -0.131. The average Bonchev–Trinajstić information content (AvgIpc) is 3.37. The molecule has 0 saturated carbocycles. The van der Waals surface area contributed by atoms with Crippen LogP contribution < -0.4 is 15.5 Å². The molecule has 0 bridgehead atoms. The second-order valence-electron chi connectivity index (χ2n) is 8.11. The molecule has 2 heterocycles. The molecule has 180 valence electrons. The van der Waals surface area contributed by atoms with Crippen molar-refractivity contribution in [3.05, 3.63) is 78.6 Å². The second-order valence-corrected chi connectivity index (χ2v) is 8.52. The van der Waals surface area contributed by atoms with Crippen molar-refractivity contribution in [3.8, 4) is 11.3 Å². The fourth-order valence-corrected chi connectivity index (χ4v) is 4.09. The highest BCUT2D eigenvalue weighted by atomic mass is 32.1. The van der Waals surface area contributed by atoms with Crippen molar-refractivity contribution in [2.24, 2.45) is 0 Å². The molecule has 0 atom stereocenters. The maximum atomic E-state index is 12.2. The molecule has 7 nitrogen and oxygen atoms in total. The number of benzene rings is 2. The minimum atomic E-state index is -0.351. The van der Waals surface area contributed by atoms with E-state index in [1.54, 1.807) is 6.08 Å². The molecule has 1 aromatic heterocycles. The van der Waals surface area contributed by atoms with E-state index < -0.39 is 0 Å². The molecule has 0 radical (unpaired) electrons. The molecule has 8 heteroatoms. The normalized spacial score (nSPS) is 13.6. The summed E-state index contributed by atoms with van der Waals surface area (Å²) < 4.78 is 5.77. The van der Waals surface area contributed by atoms with Crippen LogP contribution in [0.5, 0.6) is 0 Å². The van der Waals surface area contributed by atoms with Crippen molar-refractivity contribution in [1.82, 2.24) is 10.2 Å². The molecule has 4 rings (SSSR count). The number of carbonyl (C=O) groups excluding carboxylic acids is 2. The SMILES string of the molecule is CCC(=O)N1CCN(c2ccc(NC(=S)NC(=O)/C=C/c3ccc(-c4ccccc4)o3)cc2)CC1. The molecule has 1 aliphatic heterocycles. The lowest BCUT2D eigenvalue weighted by Gasteiger charge is -2.36. The lowest BCUT2D eigenvalue weighted by Crippen LogP contribution is -2.48. The van der Waals surface area contributed by atoms with Gasteiger partial charge < -0.3 is 19.5 Å². The zero-order valence-corrected chi connectivity index (χ0v) is 20.4. The summed E-state index contributed by atoms with van der Waals surface area (Å²) in [6.45, 7) is 4.98. The van der Waals surface area contributed by atoms with Crippen molar-refractivity contribution in [2.75, 3.05) is 36.4 Å². The van der Waals surface area contributed by atoms with Gasteiger partial charge in [0.05, 0.1) is 0 Å². The van der Waals surface area contributed by atoms with Gasteiger partial charge in [-0.3, -0.25) is 14.9 Å². The van der Waals surface area contributed by atoms with Gasteiger partial charge in [0.25, 0.3) is 0 Å². The average molecular weight is 489 g/mol. The smallest absolute Gasteiger partial charge is 0.250 e. The Kier molecular flexibility index (Phi) is 7.95. The van der Waals surface area contributed by atoms with Gasteiger partial charge in [0, 0.05) is 55.6 Å². The summed E-state index contributed by atoms with van der Waals surface area (Å²) in [7, 11) is 0. The third-order valence-corrected chi connectivity index (χ3v) is 5.95. The Balaban J connectivity index is 1.24. The number of piperazine rings is 1. The van der Waals surface area contributed by atoms with E-state index in [0.717, 1.165) is 48.9 Å². The molecule has 0 unspecified atom stereocenters. The zero-order chi connectivity index (χ0) is 24.6. The minimum absolute atomic E-state index is 0.204. The molecule has 2 amide bonds. The van der Waals surface area contributed by atoms with Crippen molar-refractivity contribution >= 4 is 46.6 Å². The molecule has 2 N–H and O–H groups in total. The van der Waals surface area contributed by atoms with Gasteiger partial charge in [-0.1, -0.05) is 37.3 Å². The van der Waals surface area contributed by atoms with E-state index >= 15 is 0 Å². The predicted molar refractivity (Wildman–Crippen MR) is 143 cm³/mol. The summed E-state index contributed by atoms with van der Waals surface area (Å²) in [5.41, 5.74) is 2.84.